The van der Waals surface area contributed by atoms with Gasteiger partial charge in [-0.3, -0.25) is 0 Å². The first-order valence-electron chi connectivity index (χ1n) is 6.34. The van der Waals surface area contributed by atoms with Gasteiger partial charge in [-0.15, -0.1) is 0 Å². The summed E-state index contributed by atoms with van der Waals surface area (Å²) in [5, 5.41) is 4.43. The largest absolute Gasteiger partial charge is 0.380 e. The molecule has 3 aromatic rings. The zero-order valence-corrected chi connectivity index (χ0v) is 12.0. The lowest BCUT2D eigenvalue weighted by molar-refractivity contribution is 0.435. The van der Waals surface area contributed by atoms with E-state index in [1.54, 1.807) is 18.2 Å². The van der Waals surface area contributed by atoms with Crippen molar-refractivity contribution in [3.8, 4) is 22.5 Å². The molecule has 5 heteroatoms. The van der Waals surface area contributed by atoms with Crippen molar-refractivity contribution >= 4 is 17.4 Å². The molecule has 2 aromatic carbocycles. The third-order valence-corrected chi connectivity index (χ3v) is 3.55. The number of rotatable bonds is 2. The SMILES string of the molecule is Cc1ccc(F)cc1-c1onc(N)c1-c1ccc(Cl)cc1. The molecule has 21 heavy (non-hydrogen) atoms. The molecule has 0 saturated carbocycles. The highest BCUT2D eigenvalue weighted by molar-refractivity contribution is 6.30. The number of nitrogens with two attached hydrogens (primary N) is 1. The molecule has 0 atom stereocenters. The predicted octanol–water partition coefficient (Wildman–Crippen LogP) is 4.69. The zero-order chi connectivity index (χ0) is 15.0. The van der Waals surface area contributed by atoms with Crippen LogP contribution in [0.4, 0.5) is 10.2 Å². The van der Waals surface area contributed by atoms with Crippen molar-refractivity contribution in [1.82, 2.24) is 5.16 Å². The molecule has 106 valence electrons. The maximum atomic E-state index is 13.5. The van der Waals surface area contributed by atoms with Gasteiger partial charge in [0.1, 0.15) is 5.82 Å². The van der Waals surface area contributed by atoms with Crippen LogP contribution in [0.15, 0.2) is 47.0 Å². The lowest BCUT2D eigenvalue weighted by Gasteiger charge is -2.06. The highest BCUT2D eigenvalue weighted by atomic mass is 35.5. The Morgan fingerprint density at radius 1 is 1.14 bits per heavy atom. The molecule has 0 unspecified atom stereocenters. The van der Waals surface area contributed by atoms with Crippen molar-refractivity contribution in [2.75, 3.05) is 5.73 Å². The summed E-state index contributed by atoms with van der Waals surface area (Å²) in [5.41, 5.74) is 8.87. The van der Waals surface area contributed by atoms with E-state index in [-0.39, 0.29) is 11.6 Å². The van der Waals surface area contributed by atoms with Gasteiger partial charge in [-0.1, -0.05) is 35.0 Å². The van der Waals surface area contributed by atoms with Gasteiger partial charge in [-0.25, -0.2) is 4.39 Å². The van der Waals surface area contributed by atoms with E-state index in [1.807, 2.05) is 19.1 Å². The molecule has 0 saturated heterocycles. The molecule has 0 radical (unpaired) electrons. The van der Waals surface area contributed by atoms with Crippen LogP contribution in [-0.2, 0) is 0 Å². The Kier molecular flexibility index (Phi) is 3.39. The molecule has 3 rings (SSSR count). The maximum Gasteiger partial charge on any atom is 0.177 e. The van der Waals surface area contributed by atoms with Crippen LogP contribution < -0.4 is 5.73 Å². The van der Waals surface area contributed by atoms with Crippen molar-refractivity contribution in [3.05, 3.63) is 58.9 Å². The standard InChI is InChI=1S/C16H12ClFN2O/c1-9-2-7-12(18)8-13(9)15-14(16(19)20-21-15)10-3-5-11(17)6-4-10/h2-8H,1H3,(H2,19,20). The molecular formula is C16H12ClFN2O. The topological polar surface area (TPSA) is 52.0 Å². The van der Waals surface area contributed by atoms with Gasteiger partial charge in [0.25, 0.3) is 0 Å². The first-order valence-corrected chi connectivity index (χ1v) is 6.71. The van der Waals surface area contributed by atoms with Crippen LogP contribution in [0, 0.1) is 12.7 Å². The number of nitrogens with zero attached hydrogens (tertiary/aromatic N) is 1. The highest BCUT2D eigenvalue weighted by Crippen LogP contribution is 2.38. The van der Waals surface area contributed by atoms with Gasteiger partial charge < -0.3 is 10.3 Å². The van der Waals surface area contributed by atoms with Gasteiger partial charge in [0.05, 0.1) is 5.56 Å². The third-order valence-electron chi connectivity index (χ3n) is 3.30. The van der Waals surface area contributed by atoms with Crippen molar-refractivity contribution in [3.63, 3.8) is 0 Å². The Bertz CT molecular complexity index is 797. The summed E-state index contributed by atoms with van der Waals surface area (Å²) in [4.78, 5) is 0. The van der Waals surface area contributed by atoms with Crippen LogP contribution in [0.1, 0.15) is 5.56 Å². The van der Waals surface area contributed by atoms with Crippen molar-refractivity contribution in [2.24, 2.45) is 0 Å². The summed E-state index contributed by atoms with van der Waals surface area (Å²) in [5.74, 6) is 0.371. The summed E-state index contributed by atoms with van der Waals surface area (Å²) in [7, 11) is 0. The van der Waals surface area contributed by atoms with Gasteiger partial charge in [0, 0.05) is 10.6 Å². The Morgan fingerprint density at radius 2 is 1.86 bits per heavy atom. The van der Waals surface area contributed by atoms with Crippen LogP contribution in [0.25, 0.3) is 22.5 Å². The third kappa shape index (κ3) is 2.50. The van der Waals surface area contributed by atoms with Gasteiger partial charge in [-0.2, -0.15) is 0 Å². The Labute approximate surface area is 126 Å². The van der Waals surface area contributed by atoms with E-state index in [1.165, 1.54) is 12.1 Å². The van der Waals surface area contributed by atoms with Crippen LogP contribution in [-0.4, -0.2) is 5.16 Å². The number of hydrogen-bond donors (Lipinski definition) is 1. The number of halogens is 2. The van der Waals surface area contributed by atoms with E-state index >= 15 is 0 Å². The van der Waals surface area contributed by atoms with Crippen LogP contribution in [0.3, 0.4) is 0 Å². The molecule has 0 aliphatic heterocycles. The molecule has 0 amide bonds. The fourth-order valence-electron chi connectivity index (χ4n) is 2.22. The number of aromatic nitrogens is 1. The van der Waals surface area contributed by atoms with E-state index in [2.05, 4.69) is 5.16 Å². The van der Waals surface area contributed by atoms with Crippen molar-refractivity contribution < 1.29 is 8.91 Å². The summed E-state index contributed by atoms with van der Waals surface area (Å²) >= 11 is 5.90. The second kappa shape index (κ2) is 5.22. The van der Waals surface area contributed by atoms with Crippen LogP contribution in [0.2, 0.25) is 5.02 Å². The van der Waals surface area contributed by atoms with Crippen LogP contribution in [0.5, 0.6) is 0 Å². The van der Waals surface area contributed by atoms with E-state index in [9.17, 15) is 4.39 Å². The van der Waals surface area contributed by atoms with Gasteiger partial charge >= 0.3 is 0 Å². The number of benzene rings is 2. The molecule has 0 aliphatic carbocycles. The Morgan fingerprint density at radius 3 is 2.57 bits per heavy atom. The minimum absolute atomic E-state index is 0.260. The van der Waals surface area contributed by atoms with Gasteiger partial charge in [0.2, 0.25) is 0 Å². The molecule has 3 nitrogen and oxygen atoms in total. The maximum absolute atomic E-state index is 13.5. The summed E-state index contributed by atoms with van der Waals surface area (Å²) in [6, 6.07) is 11.7. The van der Waals surface area contributed by atoms with E-state index in [4.69, 9.17) is 21.9 Å². The van der Waals surface area contributed by atoms with E-state index in [0.29, 0.717) is 21.9 Å². The molecule has 1 heterocycles. The first kappa shape index (κ1) is 13.6. The summed E-state index contributed by atoms with van der Waals surface area (Å²) in [6.45, 7) is 1.87. The second-order valence-electron chi connectivity index (χ2n) is 4.74. The molecule has 2 N–H and O–H groups in total. The fourth-order valence-corrected chi connectivity index (χ4v) is 2.35. The van der Waals surface area contributed by atoms with Crippen LogP contribution >= 0.6 is 11.6 Å². The smallest absolute Gasteiger partial charge is 0.177 e. The lowest BCUT2D eigenvalue weighted by Crippen LogP contribution is -1.90. The zero-order valence-electron chi connectivity index (χ0n) is 11.2. The number of nitrogen functional groups attached to an aromatic ring is 1. The molecule has 0 aliphatic rings. The normalized spacial score (nSPS) is 10.8. The monoisotopic (exact) mass is 302 g/mol. The van der Waals surface area contributed by atoms with Crippen molar-refractivity contribution in [1.29, 1.82) is 0 Å². The number of anilines is 1. The average molecular weight is 303 g/mol. The van der Waals surface area contributed by atoms with E-state index < -0.39 is 0 Å². The molecule has 0 fully saturated rings. The minimum atomic E-state index is -0.340. The van der Waals surface area contributed by atoms with Crippen molar-refractivity contribution in [2.45, 2.75) is 6.92 Å². The summed E-state index contributed by atoms with van der Waals surface area (Å²) in [6.07, 6.45) is 0. The summed E-state index contributed by atoms with van der Waals surface area (Å²) < 4.78 is 18.8. The lowest BCUT2D eigenvalue weighted by atomic mass is 9.98. The van der Waals surface area contributed by atoms with Gasteiger partial charge in [0.15, 0.2) is 11.6 Å². The Balaban J connectivity index is 2.21. The Hall–Kier alpha value is -2.33. The average Bonchev–Trinajstić information content (AvgIpc) is 2.84. The van der Waals surface area contributed by atoms with Gasteiger partial charge in [-0.05, 0) is 42.3 Å². The fraction of sp³-hybridized carbons (Fsp3) is 0.0625. The quantitative estimate of drug-likeness (QED) is 0.747. The molecule has 0 spiro atoms. The highest BCUT2D eigenvalue weighted by Gasteiger charge is 2.19. The molecule has 1 aromatic heterocycles. The molecular weight excluding hydrogens is 291 g/mol. The second-order valence-corrected chi connectivity index (χ2v) is 5.17. The number of aryl methyl sites for hydroxylation is 1. The minimum Gasteiger partial charge on any atom is -0.380 e. The first-order chi connectivity index (χ1) is 10.1. The molecule has 0 bridgehead atoms. The number of hydrogen-bond acceptors (Lipinski definition) is 3. The predicted molar refractivity (Wildman–Crippen MR) is 81.5 cm³/mol. The van der Waals surface area contributed by atoms with E-state index in [0.717, 1.165) is 11.1 Å².